The molecular weight excluding hydrogens is 207 g/mol. The second kappa shape index (κ2) is 6.22. The van der Waals surface area contributed by atoms with Gasteiger partial charge in [0.1, 0.15) is 5.54 Å². The summed E-state index contributed by atoms with van der Waals surface area (Å²) in [6, 6.07) is 0. The fourth-order valence-corrected chi connectivity index (χ4v) is 1.86. The van der Waals surface area contributed by atoms with Crippen molar-refractivity contribution in [3.05, 3.63) is 0 Å². The van der Waals surface area contributed by atoms with Gasteiger partial charge in [-0.05, 0) is 6.42 Å². The van der Waals surface area contributed by atoms with Gasteiger partial charge in [0.15, 0.2) is 0 Å². The van der Waals surface area contributed by atoms with Crippen molar-refractivity contribution in [3.8, 4) is 0 Å². The molecule has 1 heterocycles. The van der Waals surface area contributed by atoms with Crippen LogP contribution in [-0.2, 0) is 9.53 Å². The number of carboxylic acids is 1. The number of aliphatic carboxylic acids is 1. The molecule has 90 valence electrons. The summed E-state index contributed by atoms with van der Waals surface area (Å²) in [7, 11) is 5.38. The number of hydrogen-bond donors (Lipinski definition) is 3. The number of carbonyl (C=O) groups is 1. The third-order valence-electron chi connectivity index (χ3n) is 2.94. The summed E-state index contributed by atoms with van der Waals surface area (Å²) < 4.78 is 5.44. The third-order valence-corrected chi connectivity index (χ3v) is 2.94. The van der Waals surface area contributed by atoms with E-state index in [0.717, 1.165) is 13.0 Å². The zero-order valence-electron chi connectivity index (χ0n) is 9.45. The van der Waals surface area contributed by atoms with Crippen LogP contribution in [0.15, 0.2) is 0 Å². The molecule has 0 bridgehead atoms. The minimum Gasteiger partial charge on any atom is -0.480 e. The summed E-state index contributed by atoms with van der Waals surface area (Å²) in [6.45, 7) is 1.74. The second-order valence-corrected chi connectivity index (χ2v) is 4.15. The normalized spacial score (nSPS) is 24.9. The Morgan fingerprint density at radius 2 is 2.38 bits per heavy atom. The van der Waals surface area contributed by atoms with Crippen molar-refractivity contribution in [2.75, 3.05) is 19.7 Å². The molecule has 2 atom stereocenters. The summed E-state index contributed by atoms with van der Waals surface area (Å²) in [5.74, 6) is -1.00. The molecule has 0 spiro atoms. The van der Waals surface area contributed by atoms with Crippen molar-refractivity contribution in [2.24, 2.45) is 5.73 Å². The van der Waals surface area contributed by atoms with Crippen molar-refractivity contribution >= 4 is 13.8 Å². The number of unbranched alkanes of at least 4 members (excludes halogenated alkanes) is 1. The lowest BCUT2D eigenvalue weighted by Gasteiger charge is -2.36. The van der Waals surface area contributed by atoms with Crippen LogP contribution in [0.4, 0.5) is 0 Å². The van der Waals surface area contributed by atoms with Gasteiger partial charge in [0.25, 0.3) is 0 Å². The average molecular weight is 226 g/mol. The highest BCUT2D eigenvalue weighted by molar-refractivity contribution is 6.08. The van der Waals surface area contributed by atoms with Gasteiger partial charge >= 0.3 is 5.97 Å². The number of nitrogens with two attached hydrogens (primary N) is 1. The first-order valence-electron chi connectivity index (χ1n) is 5.66. The lowest BCUT2D eigenvalue weighted by molar-refractivity contribution is -0.151. The number of hydrogen-bond acceptors (Lipinski definition) is 4. The van der Waals surface area contributed by atoms with Gasteiger partial charge in [0.05, 0.1) is 20.6 Å². The minimum absolute atomic E-state index is 0.395. The van der Waals surface area contributed by atoms with Crippen LogP contribution in [0.2, 0.25) is 6.32 Å². The predicted molar refractivity (Wildman–Crippen MR) is 61.6 cm³/mol. The molecule has 1 aliphatic rings. The summed E-state index contributed by atoms with van der Waals surface area (Å²) in [5, 5.41) is 12.3. The molecule has 16 heavy (non-hydrogen) atoms. The molecule has 1 rings (SSSR count). The van der Waals surface area contributed by atoms with E-state index in [-0.39, 0.29) is 0 Å². The first kappa shape index (κ1) is 13.5. The Morgan fingerprint density at radius 1 is 1.62 bits per heavy atom. The van der Waals surface area contributed by atoms with Crippen LogP contribution in [0, 0.1) is 0 Å². The van der Waals surface area contributed by atoms with Gasteiger partial charge in [-0.3, -0.25) is 4.79 Å². The van der Waals surface area contributed by atoms with Gasteiger partial charge in [-0.15, -0.1) is 0 Å². The Balaban J connectivity index is 2.58. The third kappa shape index (κ3) is 3.20. The summed E-state index contributed by atoms with van der Waals surface area (Å²) in [4.78, 5) is 11.3. The smallest absolute Gasteiger partial charge is 0.326 e. The molecule has 6 heteroatoms. The molecule has 0 amide bonds. The van der Waals surface area contributed by atoms with Crippen LogP contribution in [0.25, 0.3) is 0 Å². The highest BCUT2D eigenvalue weighted by Gasteiger charge is 2.43. The maximum atomic E-state index is 11.3. The van der Waals surface area contributed by atoms with Crippen molar-refractivity contribution in [2.45, 2.75) is 37.2 Å². The standard InChI is InChI=1S/C10H19BN2O3/c11-4-2-1-3-10(12,9(14)15)8-7-13-5-6-16-8/h8,13H,1-7,12H2,(H,14,15). The summed E-state index contributed by atoms with van der Waals surface area (Å²) in [5.41, 5.74) is 4.65. The molecule has 1 fully saturated rings. The molecule has 1 saturated heterocycles. The first-order valence-corrected chi connectivity index (χ1v) is 5.66. The fourth-order valence-electron chi connectivity index (χ4n) is 1.86. The molecule has 0 saturated carbocycles. The monoisotopic (exact) mass is 226 g/mol. The number of rotatable bonds is 6. The Labute approximate surface area is 97.1 Å². The van der Waals surface area contributed by atoms with Gasteiger partial charge in [-0.25, -0.2) is 0 Å². The fraction of sp³-hybridized carbons (Fsp3) is 0.900. The van der Waals surface area contributed by atoms with Crippen molar-refractivity contribution in [1.29, 1.82) is 0 Å². The van der Waals surface area contributed by atoms with Gasteiger partial charge in [0, 0.05) is 13.1 Å². The topological polar surface area (TPSA) is 84.6 Å². The van der Waals surface area contributed by atoms with E-state index in [1.54, 1.807) is 0 Å². The molecule has 0 aromatic carbocycles. The molecular formula is C10H19BN2O3. The predicted octanol–water partition coefficient (Wildman–Crippen LogP) is -0.486. The van der Waals surface area contributed by atoms with E-state index in [2.05, 4.69) is 5.32 Å². The Morgan fingerprint density at radius 3 is 2.88 bits per heavy atom. The molecule has 0 aromatic heterocycles. The summed E-state index contributed by atoms with van der Waals surface area (Å²) in [6.07, 6.45) is 1.98. The molecule has 1 aliphatic heterocycles. The van der Waals surface area contributed by atoms with E-state index in [9.17, 15) is 9.90 Å². The highest BCUT2D eigenvalue weighted by atomic mass is 16.5. The van der Waals surface area contributed by atoms with E-state index < -0.39 is 17.6 Å². The van der Waals surface area contributed by atoms with Gasteiger partial charge in [0.2, 0.25) is 0 Å². The van der Waals surface area contributed by atoms with Gasteiger partial charge in [-0.1, -0.05) is 19.2 Å². The lowest BCUT2D eigenvalue weighted by Crippen LogP contribution is -2.63. The van der Waals surface area contributed by atoms with Crippen LogP contribution >= 0.6 is 0 Å². The largest absolute Gasteiger partial charge is 0.480 e. The van der Waals surface area contributed by atoms with E-state index >= 15 is 0 Å². The Hall–Kier alpha value is -0.585. The lowest BCUT2D eigenvalue weighted by atomic mass is 9.85. The minimum atomic E-state index is -1.30. The number of carboxylic acid groups (broad SMARTS) is 1. The Bertz CT molecular complexity index is 234. The molecule has 4 N–H and O–H groups in total. The Kier molecular flexibility index (Phi) is 5.24. The summed E-state index contributed by atoms with van der Waals surface area (Å²) >= 11 is 0. The van der Waals surface area contributed by atoms with Crippen LogP contribution in [-0.4, -0.2) is 50.3 Å². The zero-order valence-corrected chi connectivity index (χ0v) is 9.45. The molecule has 0 aromatic rings. The molecule has 2 unspecified atom stereocenters. The zero-order chi connectivity index (χ0) is 12.0. The maximum absolute atomic E-state index is 11.3. The van der Waals surface area contributed by atoms with Crippen LogP contribution in [0.5, 0.6) is 0 Å². The van der Waals surface area contributed by atoms with Crippen molar-refractivity contribution in [1.82, 2.24) is 5.32 Å². The maximum Gasteiger partial charge on any atom is 0.326 e. The number of ether oxygens (including phenoxy) is 1. The van der Waals surface area contributed by atoms with E-state index in [1.165, 1.54) is 0 Å². The van der Waals surface area contributed by atoms with E-state index in [4.69, 9.17) is 18.3 Å². The van der Waals surface area contributed by atoms with Gasteiger partial charge < -0.3 is 20.9 Å². The first-order chi connectivity index (χ1) is 7.61. The van der Waals surface area contributed by atoms with Crippen LogP contribution in [0.1, 0.15) is 19.3 Å². The van der Waals surface area contributed by atoms with E-state index in [0.29, 0.717) is 32.3 Å². The molecule has 0 aliphatic carbocycles. The molecule has 5 nitrogen and oxygen atoms in total. The van der Waals surface area contributed by atoms with E-state index in [1.807, 2.05) is 0 Å². The van der Waals surface area contributed by atoms with Crippen molar-refractivity contribution < 1.29 is 14.6 Å². The molecule has 2 radical (unpaired) electrons. The van der Waals surface area contributed by atoms with Crippen LogP contribution in [0.3, 0.4) is 0 Å². The SMILES string of the molecule is [B]CCCCC(N)(C(=O)O)C1CNCCO1. The highest BCUT2D eigenvalue weighted by Crippen LogP contribution is 2.20. The van der Waals surface area contributed by atoms with Crippen molar-refractivity contribution in [3.63, 3.8) is 0 Å². The quantitative estimate of drug-likeness (QED) is 0.420. The van der Waals surface area contributed by atoms with Crippen LogP contribution < -0.4 is 11.1 Å². The average Bonchev–Trinajstić information content (AvgIpc) is 2.30. The number of morpholine rings is 1. The van der Waals surface area contributed by atoms with Gasteiger partial charge in [-0.2, -0.15) is 0 Å². The number of nitrogens with one attached hydrogen (secondary N) is 1. The second-order valence-electron chi connectivity index (χ2n) is 4.15.